The van der Waals surface area contributed by atoms with Crippen LogP contribution in [0.4, 0.5) is 34.1 Å². The zero-order valence-electron chi connectivity index (χ0n) is 24.8. The van der Waals surface area contributed by atoms with E-state index in [-0.39, 0.29) is 0 Å². The maximum atomic E-state index is 5.79. The summed E-state index contributed by atoms with van der Waals surface area (Å²) in [5, 5.41) is 1.09. The number of aryl methyl sites for hydroxylation is 3. The smallest absolute Gasteiger partial charge is 0.368 e. The summed E-state index contributed by atoms with van der Waals surface area (Å²) in [6.07, 6.45) is 0. The first kappa shape index (κ1) is 28.4. The molecule has 0 saturated carbocycles. The molecular formula is C36H38N2O2Si. The minimum Gasteiger partial charge on any atom is -0.394 e. The summed E-state index contributed by atoms with van der Waals surface area (Å²) in [5.74, 6) is 0. The van der Waals surface area contributed by atoms with Gasteiger partial charge in [-0.2, -0.15) is 0 Å². The second-order valence-corrected chi connectivity index (χ2v) is 13.9. The normalized spacial score (nSPS) is 11.4. The van der Waals surface area contributed by atoms with Gasteiger partial charge in [0.05, 0.1) is 0 Å². The fourth-order valence-corrected chi connectivity index (χ4v) is 6.39. The van der Waals surface area contributed by atoms with Crippen LogP contribution in [0, 0.1) is 20.8 Å². The van der Waals surface area contributed by atoms with Gasteiger partial charge in [-0.3, -0.25) is 0 Å². The Morgan fingerprint density at radius 2 is 0.756 bits per heavy atom. The predicted molar refractivity (Wildman–Crippen MR) is 175 cm³/mol. The summed E-state index contributed by atoms with van der Waals surface area (Å²) >= 11 is 0. The summed E-state index contributed by atoms with van der Waals surface area (Å²) in [5.41, 5.74) is 10.3. The first-order valence-electron chi connectivity index (χ1n) is 13.9. The van der Waals surface area contributed by atoms with E-state index < -0.39 is 8.56 Å². The molecular weight excluding hydrogens is 520 g/mol. The first-order valence-corrected chi connectivity index (χ1v) is 16.2. The van der Waals surface area contributed by atoms with Gasteiger partial charge in [0, 0.05) is 48.3 Å². The molecule has 0 bridgehead atoms. The third-order valence-electron chi connectivity index (χ3n) is 7.65. The quantitative estimate of drug-likeness (QED) is 0.168. The number of nitrogens with zero attached hydrogens (tertiary/aromatic N) is 2. The Morgan fingerprint density at radius 1 is 0.439 bits per heavy atom. The van der Waals surface area contributed by atoms with Crippen LogP contribution in [-0.4, -0.2) is 22.8 Å². The fourth-order valence-electron chi connectivity index (χ4n) is 4.98. The maximum absolute atomic E-state index is 5.79. The molecule has 0 aromatic heterocycles. The van der Waals surface area contributed by atoms with Crippen molar-refractivity contribution in [3.8, 4) is 0 Å². The molecule has 5 aromatic rings. The van der Waals surface area contributed by atoms with E-state index in [1.54, 1.807) is 14.2 Å². The van der Waals surface area contributed by atoms with Crippen molar-refractivity contribution in [3.05, 3.63) is 138 Å². The molecule has 0 aliphatic rings. The molecule has 0 fully saturated rings. The molecule has 0 amide bonds. The predicted octanol–water partition coefficient (Wildman–Crippen LogP) is 9.12. The van der Waals surface area contributed by atoms with E-state index in [0.717, 1.165) is 39.3 Å². The number of hydrogen-bond acceptors (Lipinski definition) is 4. The summed E-state index contributed by atoms with van der Waals surface area (Å²) in [6.45, 7) is 8.42. The Balaban J connectivity index is 1.63. The van der Waals surface area contributed by atoms with E-state index in [1.807, 2.05) is 0 Å². The van der Waals surface area contributed by atoms with Crippen LogP contribution in [0.1, 0.15) is 16.7 Å². The van der Waals surface area contributed by atoms with Gasteiger partial charge in [-0.1, -0.05) is 71.3 Å². The summed E-state index contributed by atoms with van der Waals surface area (Å²) in [6, 6.07) is 43.4. The van der Waals surface area contributed by atoms with E-state index in [1.165, 1.54) is 16.7 Å². The Bertz CT molecular complexity index is 1530. The van der Waals surface area contributed by atoms with Crippen molar-refractivity contribution in [1.82, 2.24) is 0 Å². The first-order chi connectivity index (χ1) is 19.8. The molecule has 0 heterocycles. The van der Waals surface area contributed by atoms with Crippen LogP contribution in [-0.2, 0) is 8.85 Å². The fraction of sp³-hybridized carbons (Fsp3) is 0.167. The molecule has 41 heavy (non-hydrogen) atoms. The molecule has 0 aliphatic carbocycles. The van der Waals surface area contributed by atoms with Crippen LogP contribution in [0.25, 0.3) is 0 Å². The Kier molecular flexibility index (Phi) is 8.40. The maximum Gasteiger partial charge on any atom is 0.368 e. The molecule has 4 nitrogen and oxygen atoms in total. The highest BCUT2D eigenvalue weighted by Crippen LogP contribution is 2.40. The number of benzene rings is 5. The van der Waals surface area contributed by atoms with Crippen molar-refractivity contribution in [2.45, 2.75) is 27.3 Å². The highest BCUT2D eigenvalue weighted by Gasteiger charge is 2.31. The van der Waals surface area contributed by atoms with Gasteiger partial charge < -0.3 is 18.7 Å². The monoisotopic (exact) mass is 558 g/mol. The van der Waals surface area contributed by atoms with Crippen molar-refractivity contribution in [1.29, 1.82) is 0 Å². The lowest BCUT2D eigenvalue weighted by Crippen LogP contribution is -2.49. The van der Waals surface area contributed by atoms with Crippen molar-refractivity contribution in [3.63, 3.8) is 0 Å². The van der Waals surface area contributed by atoms with Gasteiger partial charge >= 0.3 is 8.56 Å². The van der Waals surface area contributed by atoms with Gasteiger partial charge in [0.1, 0.15) is 0 Å². The van der Waals surface area contributed by atoms with E-state index >= 15 is 0 Å². The van der Waals surface area contributed by atoms with Crippen LogP contribution < -0.4 is 15.0 Å². The molecule has 5 aromatic carbocycles. The molecule has 0 radical (unpaired) electrons. The van der Waals surface area contributed by atoms with Crippen molar-refractivity contribution in [2.75, 3.05) is 24.0 Å². The lowest BCUT2D eigenvalue weighted by molar-refractivity contribution is 0.265. The SMILES string of the molecule is CO[Si](C)(OC)c1ccc(N(c2ccc(C)cc2)c2cccc(N(c3ccc(C)cc3)c3ccc(C)cc3)c2)cc1. The zero-order chi connectivity index (χ0) is 29.0. The van der Waals surface area contributed by atoms with Crippen LogP contribution in [0.15, 0.2) is 121 Å². The molecule has 0 saturated heterocycles. The zero-order valence-corrected chi connectivity index (χ0v) is 25.8. The van der Waals surface area contributed by atoms with Crippen LogP contribution >= 0.6 is 0 Å². The second kappa shape index (κ2) is 12.1. The van der Waals surface area contributed by atoms with E-state index in [4.69, 9.17) is 8.85 Å². The molecule has 0 spiro atoms. The summed E-state index contributed by atoms with van der Waals surface area (Å²) in [4.78, 5) is 4.61. The van der Waals surface area contributed by atoms with E-state index in [0.29, 0.717) is 0 Å². The topological polar surface area (TPSA) is 24.9 Å². The van der Waals surface area contributed by atoms with Crippen molar-refractivity contribution < 1.29 is 8.85 Å². The average Bonchev–Trinajstić information content (AvgIpc) is 3.00. The minimum atomic E-state index is -2.43. The summed E-state index contributed by atoms with van der Waals surface area (Å²) < 4.78 is 11.6. The van der Waals surface area contributed by atoms with Gasteiger partial charge in [0.2, 0.25) is 0 Å². The van der Waals surface area contributed by atoms with Crippen LogP contribution in [0.3, 0.4) is 0 Å². The third kappa shape index (κ3) is 6.13. The molecule has 5 heteroatoms. The molecule has 0 aliphatic heterocycles. The Morgan fingerprint density at radius 3 is 1.07 bits per heavy atom. The number of rotatable bonds is 9. The van der Waals surface area contributed by atoms with Gasteiger partial charge in [-0.15, -0.1) is 0 Å². The largest absolute Gasteiger partial charge is 0.394 e. The van der Waals surface area contributed by atoms with Crippen molar-refractivity contribution in [2.24, 2.45) is 0 Å². The molecule has 0 atom stereocenters. The highest BCUT2D eigenvalue weighted by molar-refractivity contribution is 6.79. The second-order valence-electron chi connectivity index (χ2n) is 10.6. The standard InChI is InChI=1S/C36H38N2O2Si/c1-27-10-16-30(17-11-27)37(31-18-12-28(2)13-19-31)34-8-7-9-35(26-34)38(32-20-14-29(3)15-21-32)33-22-24-36(25-23-33)41(6,39-4)40-5/h7-26H,1-6H3. The molecule has 5 rings (SSSR count). The molecule has 208 valence electrons. The van der Waals surface area contributed by atoms with E-state index in [9.17, 15) is 0 Å². The van der Waals surface area contributed by atoms with Gasteiger partial charge in [0.25, 0.3) is 0 Å². The van der Waals surface area contributed by atoms with Gasteiger partial charge in [0.15, 0.2) is 0 Å². The third-order valence-corrected chi connectivity index (χ3v) is 10.6. The van der Waals surface area contributed by atoms with E-state index in [2.05, 4.69) is 158 Å². The number of hydrogen-bond donors (Lipinski definition) is 0. The number of anilines is 6. The Hall–Kier alpha value is -4.16. The highest BCUT2D eigenvalue weighted by atomic mass is 28.4. The summed E-state index contributed by atoms with van der Waals surface area (Å²) in [7, 11) is 1.02. The van der Waals surface area contributed by atoms with Crippen LogP contribution in [0.5, 0.6) is 0 Å². The minimum absolute atomic E-state index is 1.07. The molecule has 0 N–H and O–H groups in total. The lowest BCUT2D eigenvalue weighted by atomic mass is 10.1. The molecule has 0 unspecified atom stereocenters. The lowest BCUT2D eigenvalue weighted by Gasteiger charge is -2.30. The Labute approximate surface area is 245 Å². The van der Waals surface area contributed by atoms with Gasteiger partial charge in [-0.05, 0) is 99.2 Å². The van der Waals surface area contributed by atoms with Crippen LogP contribution in [0.2, 0.25) is 6.55 Å². The van der Waals surface area contributed by atoms with Gasteiger partial charge in [-0.25, -0.2) is 0 Å². The van der Waals surface area contributed by atoms with Crippen molar-refractivity contribution >= 4 is 47.9 Å². The average molecular weight is 559 g/mol.